The van der Waals surface area contributed by atoms with Gasteiger partial charge in [-0.05, 0) is 36.3 Å². The molecule has 25 heavy (non-hydrogen) atoms. The maximum Gasteiger partial charge on any atom is 0.273 e. The maximum atomic E-state index is 12.3. The van der Waals surface area contributed by atoms with Gasteiger partial charge in [0.2, 0.25) is 0 Å². The number of nitrogens with one attached hydrogen (secondary N) is 1. The van der Waals surface area contributed by atoms with Gasteiger partial charge in [0, 0.05) is 17.2 Å². The molecule has 1 aromatic carbocycles. The summed E-state index contributed by atoms with van der Waals surface area (Å²) in [6, 6.07) is 4.70. The molecule has 0 atom stereocenters. The van der Waals surface area contributed by atoms with E-state index in [1.165, 1.54) is 12.5 Å². The number of amides is 1. The minimum atomic E-state index is -0.490. The predicted molar refractivity (Wildman–Crippen MR) is 88.9 cm³/mol. The van der Waals surface area contributed by atoms with E-state index >= 15 is 0 Å². The van der Waals surface area contributed by atoms with Gasteiger partial charge in [0.1, 0.15) is 0 Å². The van der Waals surface area contributed by atoms with E-state index in [0.29, 0.717) is 11.4 Å². The number of benzene rings is 1. The summed E-state index contributed by atoms with van der Waals surface area (Å²) in [6.07, 6.45) is 5.62. The van der Waals surface area contributed by atoms with E-state index in [4.69, 9.17) is 0 Å². The number of nitrogens with zero attached hydrogens (tertiary/aromatic N) is 5. The highest BCUT2D eigenvalue weighted by Gasteiger charge is 2.21. The van der Waals surface area contributed by atoms with Crippen LogP contribution in [0.1, 0.15) is 59.9 Å². The zero-order valence-electron chi connectivity index (χ0n) is 14.0. The van der Waals surface area contributed by atoms with Crippen molar-refractivity contribution < 1.29 is 9.72 Å². The molecule has 1 heterocycles. The van der Waals surface area contributed by atoms with Crippen LogP contribution in [0.25, 0.3) is 0 Å². The molecule has 0 bridgehead atoms. The van der Waals surface area contributed by atoms with Gasteiger partial charge in [0.05, 0.1) is 17.5 Å². The molecule has 9 heteroatoms. The summed E-state index contributed by atoms with van der Waals surface area (Å²) in [6.45, 7) is 1.82. The third kappa shape index (κ3) is 3.81. The minimum Gasteiger partial charge on any atom is -0.345 e. The molecule has 9 nitrogen and oxygen atoms in total. The molecular weight excluding hydrogens is 324 g/mol. The van der Waals surface area contributed by atoms with Crippen LogP contribution in [-0.4, -0.2) is 31.0 Å². The van der Waals surface area contributed by atoms with E-state index in [-0.39, 0.29) is 29.7 Å². The molecule has 1 saturated carbocycles. The van der Waals surface area contributed by atoms with Crippen LogP contribution in [0.15, 0.2) is 18.2 Å². The first kappa shape index (κ1) is 17.0. The summed E-state index contributed by atoms with van der Waals surface area (Å²) in [7, 11) is 0. The Balaban J connectivity index is 1.68. The molecule has 1 aliphatic carbocycles. The molecule has 1 amide bonds. The number of tetrazole rings is 1. The van der Waals surface area contributed by atoms with Gasteiger partial charge in [-0.15, -0.1) is 5.10 Å². The van der Waals surface area contributed by atoms with Crippen LogP contribution in [0.4, 0.5) is 5.69 Å². The number of aromatic nitrogens is 4. The van der Waals surface area contributed by atoms with Crippen LogP contribution in [0, 0.1) is 17.0 Å². The van der Waals surface area contributed by atoms with Crippen molar-refractivity contribution in [2.24, 2.45) is 0 Å². The first-order chi connectivity index (χ1) is 12.1. The monoisotopic (exact) mass is 344 g/mol. The molecule has 2 aromatic rings. The largest absolute Gasteiger partial charge is 0.345 e. The lowest BCUT2D eigenvalue weighted by Crippen LogP contribution is -2.26. The third-order valence-corrected chi connectivity index (χ3v) is 4.56. The number of carbonyl (C=O) groups excluding carboxylic acids is 1. The van der Waals surface area contributed by atoms with Crippen LogP contribution in [0.5, 0.6) is 0 Å². The van der Waals surface area contributed by atoms with Gasteiger partial charge in [-0.1, -0.05) is 25.3 Å². The van der Waals surface area contributed by atoms with Gasteiger partial charge in [0.15, 0.2) is 5.82 Å². The van der Waals surface area contributed by atoms with Crippen LogP contribution in [-0.2, 0) is 6.54 Å². The number of hydrogen-bond donors (Lipinski definition) is 1. The second kappa shape index (κ2) is 7.37. The van der Waals surface area contributed by atoms with E-state index in [2.05, 4.69) is 20.8 Å². The Labute approximate surface area is 144 Å². The fraction of sp³-hybridized carbons (Fsp3) is 0.500. The van der Waals surface area contributed by atoms with E-state index in [1.807, 2.05) is 0 Å². The van der Waals surface area contributed by atoms with Crippen LogP contribution in [0.3, 0.4) is 0 Å². The molecule has 0 saturated heterocycles. The van der Waals surface area contributed by atoms with Crippen molar-refractivity contribution in [2.45, 2.75) is 51.6 Å². The lowest BCUT2D eigenvalue weighted by molar-refractivity contribution is -0.385. The molecule has 0 radical (unpaired) electrons. The Morgan fingerprint density at radius 1 is 1.36 bits per heavy atom. The molecule has 0 unspecified atom stereocenters. The number of nitro groups is 1. The van der Waals surface area contributed by atoms with Gasteiger partial charge in [-0.25, -0.2) is 4.68 Å². The fourth-order valence-electron chi connectivity index (χ4n) is 3.15. The van der Waals surface area contributed by atoms with Gasteiger partial charge in [0.25, 0.3) is 11.6 Å². The van der Waals surface area contributed by atoms with Crippen LogP contribution < -0.4 is 5.32 Å². The predicted octanol–water partition coefficient (Wildman–Crippen LogP) is 2.32. The van der Waals surface area contributed by atoms with E-state index < -0.39 is 4.92 Å². The number of rotatable bonds is 5. The molecule has 132 valence electrons. The standard InChI is InChI=1S/C16H20N6O3/c1-11-7-8-12(9-14(11)22(24)25)16(23)17-10-15-18-19-20-21(15)13-5-3-2-4-6-13/h7-9,13H,2-6,10H2,1H3,(H,17,23). The quantitative estimate of drug-likeness (QED) is 0.657. The average Bonchev–Trinajstić information content (AvgIpc) is 3.09. The average molecular weight is 344 g/mol. The lowest BCUT2D eigenvalue weighted by atomic mass is 9.95. The topological polar surface area (TPSA) is 116 Å². The van der Waals surface area contributed by atoms with Crippen molar-refractivity contribution in [2.75, 3.05) is 0 Å². The number of carbonyl (C=O) groups is 1. The number of nitro benzene ring substituents is 1. The zero-order valence-corrected chi connectivity index (χ0v) is 14.0. The Kier molecular flexibility index (Phi) is 5.01. The summed E-state index contributed by atoms with van der Waals surface area (Å²) in [4.78, 5) is 22.8. The summed E-state index contributed by atoms with van der Waals surface area (Å²) >= 11 is 0. The zero-order chi connectivity index (χ0) is 17.8. The summed E-state index contributed by atoms with van der Waals surface area (Å²) < 4.78 is 1.79. The molecule has 1 aromatic heterocycles. The number of aryl methyl sites for hydroxylation is 1. The minimum absolute atomic E-state index is 0.0697. The van der Waals surface area contributed by atoms with Crippen LogP contribution in [0.2, 0.25) is 0 Å². The van der Waals surface area contributed by atoms with Gasteiger partial charge >= 0.3 is 0 Å². The Hall–Kier alpha value is -2.84. The van der Waals surface area contributed by atoms with E-state index in [0.717, 1.165) is 25.7 Å². The Morgan fingerprint density at radius 2 is 2.12 bits per heavy atom. The highest BCUT2D eigenvalue weighted by atomic mass is 16.6. The first-order valence-corrected chi connectivity index (χ1v) is 8.36. The molecule has 0 aliphatic heterocycles. The smallest absolute Gasteiger partial charge is 0.273 e. The molecule has 1 fully saturated rings. The van der Waals surface area contributed by atoms with Crippen molar-refractivity contribution in [1.29, 1.82) is 0 Å². The molecule has 1 N–H and O–H groups in total. The van der Waals surface area contributed by atoms with Gasteiger partial charge in [-0.3, -0.25) is 14.9 Å². The first-order valence-electron chi connectivity index (χ1n) is 8.36. The van der Waals surface area contributed by atoms with Crippen molar-refractivity contribution in [3.8, 4) is 0 Å². The SMILES string of the molecule is Cc1ccc(C(=O)NCc2nnnn2C2CCCCC2)cc1[N+](=O)[O-]. The highest BCUT2D eigenvalue weighted by Crippen LogP contribution is 2.27. The second-order valence-electron chi connectivity index (χ2n) is 6.27. The molecule has 3 rings (SSSR count). The second-order valence-corrected chi connectivity index (χ2v) is 6.27. The van der Waals surface area contributed by atoms with Crippen molar-refractivity contribution in [1.82, 2.24) is 25.5 Å². The van der Waals surface area contributed by atoms with Crippen molar-refractivity contribution in [3.05, 3.63) is 45.3 Å². The summed E-state index contributed by atoms with van der Waals surface area (Å²) in [5, 5.41) is 25.5. The van der Waals surface area contributed by atoms with Gasteiger partial charge in [-0.2, -0.15) is 0 Å². The summed E-state index contributed by atoms with van der Waals surface area (Å²) in [5.74, 6) is 0.211. The third-order valence-electron chi connectivity index (χ3n) is 4.56. The Bertz CT molecular complexity index is 782. The summed E-state index contributed by atoms with van der Waals surface area (Å²) in [5.41, 5.74) is 0.691. The maximum absolute atomic E-state index is 12.3. The van der Waals surface area contributed by atoms with Gasteiger partial charge < -0.3 is 5.32 Å². The number of hydrogen-bond acceptors (Lipinski definition) is 6. The van der Waals surface area contributed by atoms with Crippen molar-refractivity contribution >= 4 is 11.6 Å². The normalized spacial score (nSPS) is 15.1. The van der Waals surface area contributed by atoms with E-state index in [1.54, 1.807) is 23.7 Å². The van der Waals surface area contributed by atoms with Crippen LogP contribution >= 0.6 is 0 Å². The lowest BCUT2D eigenvalue weighted by Gasteiger charge is -2.22. The molecular formula is C16H20N6O3. The molecule has 1 aliphatic rings. The van der Waals surface area contributed by atoms with E-state index in [9.17, 15) is 14.9 Å². The highest BCUT2D eigenvalue weighted by molar-refractivity contribution is 5.94. The fourth-order valence-corrected chi connectivity index (χ4v) is 3.15. The van der Waals surface area contributed by atoms with Crippen molar-refractivity contribution in [3.63, 3.8) is 0 Å². The Morgan fingerprint density at radius 3 is 2.84 bits per heavy atom. The molecule has 0 spiro atoms.